The fraction of sp³-hybridized carbons (Fsp3) is 0.467. The Labute approximate surface area is 121 Å². The molecular weight excluding hydrogens is 280 g/mol. The molecular formula is C15H17F2NO3. The minimum absolute atomic E-state index is 0.120. The molecule has 1 aromatic rings. The van der Waals surface area contributed by atoms with Gasteiger partial charge in [0, 0.05) is 19.0 Å². The summed E-state index contributed by atoms with van der Waals surface area (Å²) < 4.78 is 31.6. The first-order valence-corrected chi connectivity index (χ1v) is 6.86. The van der Waals surface area contributed by atoms with E-state index in [4.69, 9.17) is 4.74 Å². The number of hydrogen-bond acceptors (Lipinski definition) is 3. The van der Waals surface area contributed by atoms with Crippen LogP contribution in [0.15, 0.2) is 18.2 Å². The third kappa shape index (κ3) is 3.37. The van der Waals surface area contributed by atoms with Gasteiger partial charge in [0.25, 0.3) is 0 Å². The summed E-state index contributed by atoms with van der Waals surface area (Å²) in [4.78, 5) is 25.5. The molecule has 1 saturated heterocycles. The van der Waals surface area contributed by atoms with Gasteiger partial charge in [0.15, 0.2) is 11.6 Å². The van der Waals surface area contributed by atoms with Gasteiger partial charge in [0.05, 0.1) is 0 Å². The second-order valence-electron chi connectivity index (χ2n) is 5.38. The third-order valence-corrected chi connectivity index (χ3v) is 3.42. The SMILES string of the molecule is CC(C)C(C(=O)Oc1cc(F)ccc1F)N1CCCC1=O. The molecule has 1 atom stereocenters. The lowest BCUT2D eigenvalue weighted by Crippen LogP contribution is -2.47. The number of rotatable bonds is 4. The molecule has 0 aromatic heterocycles. The van der Waals surface area contributed by atoms with Gasteiger partial charge < -0.3 is 9.64 Å². The van der Waals surface area contributed by atoms with Crippen LogP contribution in [-0.2, 0) is 9.59 Å². The van der Waals surface area contributed by atoms with Gasteiger partial charge in [-0.3, -0.25) is 4.79 Å². The fourth-order valence-electron chi connectivity index (χ4n) is 2.45. The van der Waals surface area contributed by atoms with Crippen LogP contribution in [0, 0.1) is 17.6 Å². The number of benzene rings is 1. The Kier molecular flexibility index (Phi) is 4.55. The third-order valence-electron chi connectivity index (χ3n) is 3.42. The van der Waals surface area contributed by atoms with Crippen molar-refractivity contribution in [3.05, 3.63) is 29.8 Å². The van der Waals surface area contributed by atoms with Crippen LogP contribution in [0.1, 0.15) is 26.7 Å². The number of carbonyl (C=O) groups excluding carboxylic acids is 2. The maximum absolute atomic E-state index is 13.5. The molecule has 0 aliphatic carbocycles. The van der Waals surface area contributed by atoms with Crippen molar-refractivity contribution >= 4 is 11.9 Å². The van der Waals surface area contributed by atoms with Crippen molar-refractivity contribution in [1.82, 2.24) is 4.90 Å². The van der Waals surface area contributed by atoms with E-state index < -0.39 is 29.4 Å². The van der Waals surface area contributed by atoms with E-state index in [1.165, 1.54) is 4.90 Å². The molecule has 0 saturated carbocycles. The predicted molar refractivity (Wildman–Crippen MR) is 71.6 cm³/mol. The highest BCUT2D eigenvalue weighted by Gasteiger charge is 2.36. The first kappa shape index (κ1) is 15.4. The van der Waals surface area contributed by atoms with E-state index in [2.05, 4.69) is 0 Å². The summed E-state index contributed by atoms with van der Waals surface area (Å²) in [6.07, 6.45) is 1.08. The average molecular weight is 297 g/mol. The molecule has 1 amide bonds. The molecule has 1 heterocycles. The first-order chi connectivity index (χ1) is 9.90. The van der Waals surface area contributed by atoms with Gasteiger partial charge in [0.2, 0.25) is 5.91 Å². The number of halogens is 2. The fourth-order valence-corrected chi connectivity index (χ4v) is 2.45. The van der Waals surface area contributed by atoms with Crippen molar-refractivity contribution in [2.24, 2.45) is 5.92 Å². The average Bonchev–Trinajstić information content (AvgIpc) is 2.80. The van der Waals surface area contributed by atoms with Crippen LogP contribution in [0.2, 0.25) is 0 Å². The summed E-state index contributed by atoms with van der Waals surface area (Å²) in [6.45, 7) is 4.03. The van der Waals surface area contributed by atoms with E-state index in [1.807, 2.05) is 0 Å². The second kappa shape index (κ2) is 6.20. The lowest BCUT2D eigenvalue weighted by Gasteiger charge is -2.28. The van der Waals surface area contributed by atoms with E-state index >= 15 is 0 Å². The van der Waals surface area contributed by atoms with Crippen molar-refractivity contribution in [3.8, 4) is 5.75 Å². The van der Waals surface area contributed by atoms with Crippen LogP contribution < -0.4 is 4.74 Å². The normalized spacial score (nSPS) is 16.4. The van der Waals surface area contributed by atoms with Crippen molar-refractivity contribution in [2.75, 3.05) is 6.54 Å². The van der Waals surface area contributed by atoms with Crippen molar-refractivity contribution in [1.29, 1.82) is 0 Å². The van der Waals surface area contributed by atoms with Gasteiger partial charge in [-0.25, -0.2) is 13.6 Å². The Morgan fingerprint density at radius 2 is 2.05 bits per heavy atom. The van der Waals surface area contributed by atoms with Gasteiger partial charge in [-0.1, -0.05) is 13.8 Å². The van der Waals surface area contributed by atoms with Gasteiger partial charge in [-0.15, -0.1) is 0 Å². The summed E-state index contributed by atoms with van der Waals surface area (Å²) >= 11 is 0. The minimum atomic E-state index is -0.819. The summed E-state index contributed by atoms with van der Waals surface area (Å²) in [5.74, 6) is -3.03. The number of nitrogens with zero attached hydrogens (tertiary/aromatic N) is 1. The standard InChI is InChI=1S/C15H17F2NO3/c1-9(2)14(18-7-3-4-13(18)19)15(20)21-12-8-10(16)5-6-11(12)17/h5-6,8-9,14H,3-4,7H2,1-2H3. The topological polar surface area (TPSA) is 46.6 Å². The molecule has 2 rings (SSSR count). The van der Waals surface area contributed by atoms with E-state index in [-0.39, 0.29) is 11.8 Å². The Morgan fingerprint density at radius 1 is 1.33 bits per heavy atom. The van der Waals surface area contributed by atoms with Crippen LogP contribution >= 0.6 is 0 Å². The molecule has 0 spiro atoms. The smallest absolute Gasteiger partial charge is 0.334 e. The van der Waals surface area contributed by atoms with E-state index in [0.717, 1.165) is 18.2 Å². The van der Waals surface area contributed by atoms with Crippen LogP contribution in [0.4, 0.5) is 8.78 Å². The molecule has 4 nitrogen and oxygen atoms in total. The Balaban J connectivity index is 2.19. The Bertz CT molecular complexity index is 560. The second-order valence-corrected chi connectivity index (χ2v) is 5.38. The largest absolute Gasteiger partial charge is 0.422 e. The zero-order chi connectivity index (χ0) is 15.6. The lowest BCUT2D eigenvalue weighted by atomic mass is 10.0. The quantitative estimate of drug-likeness (QED) is 0.634. The van der Waals surface area contributed by atoms with Gasteiger partial charge in [0.1, 0.15) is 11.9 Å². The van der Waals surface area contributed by atoms with Gasteiger partial charge in [-0.2, -0.15) is 0 Å². The van der Waals surface area contributed by atoms with Gasteiger partial charge >= 0.3 is 5.97 Å². The summed E-state index contributed by atoms with van der Waals surface area (Å²) in [7, 11) is 0. The van der Waals surface area contributed by atoms with Crippen LogP contribution in [-0.4, -0.2) is 29.4 Å². The van der Waals surface area contributed by atoms with Crippen LogP contribution in [0.3, 0.4) is 0 Å². The monoisotopic (exact) mass is 297 g/mol. The number of likely N-dealkylation sites (tertiary alicyclic amines) is 1. The summed E-state index contributed by atoms with van der Waals surface area (Å²) in [5.41, 5.74) is 0. The number of amides is 1. The molecule has 0 N–H and O–H groups in total. The molecule has 0 bridgehead atoms. The molecule has 21 heavy (non-hydrogen) atoms. The Hall–Kier alpha value is -1.98. The first-order valence-electron chi connectivity index (χ1n) is 6.86. The predicted octanol–water partition coefficient (Wildman–Crippen LogP) is 2.52. The number of ether oxygens (including phenoxy) is 1. The molecule has 114 valence electrons. The molecule has 1 aliphatic rings. The Morgan fingerprint density at radius 3 is 2.62 bits per heavy atom. The number of hydrogen-bond donors (Lipinski definition) is 0. The summed E-state index contributed by atoms with van der Waals surface area (Å²) in [6, 6.07) is 1.86. The van der Waals surface area contributed by atoms with E-state index in [0.29, 0.717) is 19.4 Å². The highest BCUT2D eigenvalue weighted by Crippen LogP contribution is 2.23. The highest BCUT2D eigenvalue weighted by atomic mass is 19.1. The molecule has 1 aromatic carbocycles. The van der Waals surface area contributed by atoms with E-state index in [9.17, 15) is 18.4 Å². The zero-order valence-corrected chi connectivity index (χ0v) is 11.9. The van der Waals surface area contributed by atoms with Gasteiger partial charge in [-0.05, 0) is 24.5 Å². The molecule has 1 aliphatic heterocycles. The maximum atomic E-state index is 13.5. The maximum Gasteiger partial charge on any atom is 0.334 e. The minimum Gasteiger partial charge on any atom is -0.422 e. The lowest BCUT2D eigenvalue weighted by molar-refractivity contribution is -0.148. The molecule has 1 fully saturated rings. The van der Waals surface area contributed by atoms with Crippen LogP contribution in [0.25, 0.3) is 0 Å². The highest BCUT2D eigenvalue weighted by molar-refractivity contribution is 5.87. The van der Waals surface area contributed by atoms with Crippen molar-refractivity contribution in [2.45, 2.75) is 32.7 Å². The molecule has 1 unspecified atom stereocenters. The summed E-state index contributed by atoms with van der Waals surface area (Å²) in [5, 5.41) is 0. The zero-order valence-electron chi connectivity index (χ0n) is 11.9. The molecule has 0 radical (unpaired) electrons. The van der Waals surface area contributed by atoms with Crippen molar-refractivity contribution < 1.29 is 23.1 Å². The number of esters is 1. The van der Waals surface area contributed by atoms with E-state index in [1.54, 1.807) is 13.8 Å². The number of carbonyl (C=O) groups is 2. The van der Waals surface area contributed by atoms with Crippen molar-refractivity contribution in [3.63, 3.8) is 0 Å². The van der Waals surface area contributed by atoms with Crippen LogP contribution in [0.5, 0.6) is 5.75 Å². The molecule has 6 heteroatoms.